The lowest BCUT2D eigenvalue weighted by Crippen LogP contribution is -2.44. The summed E-state index contributed by atoms with van der Waals surface area (Å²) in [7, 11) is 0. The highest BCUT2D eigenvalue weighted by molar-refractivity contribution is 5.78. The summed E-state index contributed by atoms with van der Waals surface area (Å²) < 4.78 is 31.0. The molecule has 0 aliphatic carbocycles. The number of rotatable bonds is 6. The van der Waals surface area contributed by atoms with Crippen LogP contribution in [0.15, 0.2) is 36.4 Å². The monoisotopic (exact) mass is 440 g/mol. The highest BCUT2D eigenvalue weighted by Gasteiger charge is 2.35. The third kappa shape index (κ3) is 6.05. The van der Waals surface area contributed by atoms with Gasteiger partial charge in [-0.2, -0.15) is 0 Å². The van der Waals surface area contributed by atoms with E-state index in [1.165, 1.54) is 6.07 Å². The molecule has 0 aromatic heterocycles. The Bertz CT molecular complexity index is 1010. The van der Waals surface area contributed by atoms with Crippen LogP contribution >= 0.6 is 0 Å². The first kappa shape index (κ1) is 24.1. The van der Waals surface area contributed by atoms with Crippen LogP contribution in [0.4, 0.5) is 4.39 Å². The summed E-state index contributed by atoms with van der Waals surface area (Å²) in [6.45, 7) is 11.8. The van der Waals surface area contributed by atoms with Crippen molar-refractivity contribution in [3.05, 3.63) is 64.5 Å². The lowest BCUT2D eigenvalue weighted by atomic mass is 9.92. The van der Waals surface area contributed by atoms with E-state index >= 15 is 0 Å². The maximum atomic E-state index is 13.8. The van der Waals surface area contributed by atoms with E-state index in [9.17, 15) is 9.18 Å². The van der Waals surface area contributed by atoms with Crippen LogP contribution in [-0.4, -0.2) is 30.6 Å². The van der Waals surface area contributed by atoms with E-state index < -0.39 is 5.79 Å². The predicted octanol–water partition coefficient (Wildman–Crippen LogP) is 6.29. The standard InChI is InChI=1S/C27H33FO4/c1-7-30-26(29)16-22-15-21(31-27(5,6)32-22)9-10-23-18(3)12-17(2)13-24(23)20-8-11-25(28)19(4)14-20/h8-14,21-22H,7,15-16H2,1-6H3/t21-,22-/m1/s1. The van der Waals surface area contributed by atoms with E-state index in [2.05, 4.69) is 32.1 Å². The Morgan fingerprint density at radius 1 is 1.16 bits per heavy atom. The molecule has 2 aromatic carbocycles. The molecule has 1 aliphatic heterocycles. The summed E-state index contributed by atoms with van der Waals surface area (Å²) in [5, 5.41) is 0. The number of aryl methyl sites for hydroxylation is 3. The number of carbonyl (C=O) groups is 1. The normalized spacial score (nSPS) is 20.5. The minimum atomic E-state index is -0.802. The van der Waals surface area contributed by atoms with Gasteiger partial charge in [-0.3, -0.25) is 4.79 Å². The molecule has 5 heteroatoms. The highest BCUT2D eigenvalue weighted by atomic mass is 19.1. The number of esters is 1. The molecule has 2 atom stereocenters. The Hall–Kier alpha value is -2.50. The second-order valence-corrected chi connectivity index (χ2v) is 8.91. The van der Waals surface area contributed by atoms with Gasteiger partial charge >= 0.3 is 5.97 Å². The van der Waals surface area contributed by atoms with Crippen molar-refractivity contribution in [2.75, 3.05) is 6.61 Å². The smallest absolute Gasteiger partial charge is 0.308 e. The SMILES string of the molecule is CCOC(=O)C[C@H]1C[C@@H](C=Cc2c(C)cc(C)cc2-c2ccc(F)c(C)c2)OC(C)(C)O1. The van der Waals surface area contributed by atoms with Gasteiger partial charge in [0.05, 0.1) is 25.2 Å². The fourth-order valence-electron chi connectivity index (χ4n) is 4.25. The van der Waals surface area contributed by atoms with Gasteiger partial charge in [-0.05, 0) is 81.5 Å². The summed E-state index contributed by atoms with van der Waals surface area (Å²) in [4.78, 5) is 12.0. The molecular formula is C27H33FO4. The van der Waals surface area contributed by atoms with E-state index in [4.69, 9.17) is 14.2 Å². The average molecular weight is 441 g/mol. The number of hydrogen-bond donors (Lipinski definition) is 0. The highest BCUT2D eigenvalue weighted by Crippen LogP contribution is 2.33. The molecule has 0 radical (unpaired) electrons. The third-order valence-electron chi connectivity index (χ3n) is 5.56. The maximum Gasteiger partial charge on any atom is 0.308 e. The zero-order chi connectivity index (χ0) is 23.5. The second kappa shape index (κ2) is 9.97. The number of carbonyl (C=O) groups excluding carboxylic acids is 1. The zero-order valence-corrected chi connectivity index (χ0v) is 19.8. The predicted molar refractivity (Wildman–Crippen MR) is 125 cm³/mol. The molecule has 1 saturated heterocycles. The Kier molecular flexibility index (Phi) is 7.52. The number of hydrogen-bond acceptors (Lipinski definition) is 4. The molecule has 0 unspecified atom stereocenters. The third-order valence-corrected chi connectivity index (χ3v) is 5.56. The van der Waals surface area contributed by atoms with Crippen LogP contribution in [0.25, 0.3) is 17.2 Å². The van der Waals surface area contributed by atoms with Crippen molar-refractivity contribution in [3.8, 4) is 11.1 Å². The van der Waals surface area contributed by atoms with Crippen LogP contribution in [-0.2, 0) is 19.0 Å². The first-order chi connectivity index (χ1) is 15.1. The molecule has 0 saturated carbocycles. The van der Waals surface area contributed by atoms with Crippen molar-refractivity contribution < 1.29 is 23.4 Å². The largest absolute Gasteiger partial charge is 0.466 e. The second-order valence-electron chi connectivity index (χ2n) is 8.91. The zero-order valence-electron chi connectivity index (χ0n) is 19.8. The fourth-order valence-corrected chi connectivity index (χ4v) is 4.25. The van der Waals surface area contributed by atoms with Crippen molar-refractivity contribution in [1.29, 1.82) is 0 Å². The van der Waals surface area contributed by atoms with Gasteiger partial charge in [0.25, 0.3) is 0 Å². The van der Waals surface area contributed by atoms with E-state index in [1.807, 2.05) is 32.1 Å². The molecule has 172 valence electrons. The van der Waals surface area contributed by atoms with Crippen LogP contribution in [0.5, 0.6) is 0 Å². The van der Waals surface area contributed by atoms with E-state index in [0.29, 0.717) is 18.6 Å². The van der Waals surface area contributed by atoms with E-state index in [-0.39, 0.29) is 30.4 Å². The summed E-state index contributed by atoms with van der Waals surface area (Å²) in [6, 6.07) is 9.47. The van der Waals surface area contributed by atoms with Gasteiger partial charge < -0.3 is 14.2 Å². The summed E-state index contributed by atoms with van der Waals surface area (Å²) in [5.74, 6) is -1.27. The van der Waals surface area contributed by atoms with E-state index in [0.717, 1.165) is 27.8 Å². The van der Waals surface area contributed by atoms with Gasteiger partial charge in [0.15, 0.2) is 5.79 Å². The summed E-state index contributed by atoms with van der Waals surface area (Å²) in [5.41, 5.74) is 5.99. The lowest BCUT2D eigenvalue weighted by Gasteiger charge is -2.39. The van der Waals surface area contributed by atoms with Gasteiger partial charge in [-0.15, -0.1) is 0 Å². The van der Waals surface area contributed by atoms with Crippen LogP contribution < -0.4 is 0 Å². The molecule has 0 bridgehead atoms. The molecular weight excluding hydrogens is 407 g/mol. The molecule has 0 N–H and O–H groups in total. The maximum absolute atomic E-state index is 13.8. The molecule has 1 aliphatic rings. The molecule has 0 amide bonds. The van der Waals surface area contributed by atoms with Crippen molar-refractivity contribution in [2.24, 2.45) is 0 Å². The number of halogens is 1. The van der Waals surface area contributed by atoms with Crippen LogP contribution in [0, 0.1) is 26.6 Å². The summed E-state index contributed by atoms with van der Waals surface area (Å²) >= 11 is 0. The minimum absolute atomic E-state index is 0.203. The first-order valence-electron chi connectivity index (χ1n) is 11.1. The Morgan fingerprint density at radius 3 is 2.59 bits per heavy atom. The topological polar surface area (TPSA) is 44.8 Å². The fraction of sp³-hybridized carbons (Fsp3) is 0.444. The molecule has 0 spiro atoms. The summed E-state index contributed by atoms with van der Waals surface area (Å²) in [6.07, 6.45) is 4.38. The van der Waals surface area contributed by atoms with Crippen LogP contribution in [0.2, 0.25) is 0 Å². The van der Waals surface area contributed by atoms with E-state index in [1.54, 1.807) is 13.8 Å². The van der Waals surface area contributed by atoms with Crippen molar-refractivity contribution in [1.82, 2.24) is 0 Å². The molecule has 1 heterocycles. The number of benzene rings is 2. The minimum Gasteiger partial charge on any atom is -0.466 e. The van der Waals surface area contributed by atoms with Crippen molar-refractivity contribution >= 4 is 12.0 Å². The van der Waals surface area contributed by atoms with Crippen molar-refractivity contribution in [2.45, 2.75) is 72.4 Å². The van der Waals surface area contributed by atoms with Crippen molar-refractivity contribution in [3.63, 3.8) is 0 Å². The Balaban J connectivity index is 1.89. The van der Waals surface area contributed by atoms with Gasteiger partial charge in [0, 0.05) is 6.42 Å². The van der Waals surface area contributed by atoms with Gasteiger partial charge in [0.1, 0.15) is 5.82 Å². The van der Waals surface area contributed by atoms with Crippen LogP contribution in [0.1, 0.15) is 55.9 Å². The first-order valence-corrected chi connectivity index (χ1v) is 11.1. The van der Waals surface area contributed by atoms with Crippen LogP contribution in [0.3, 0.4) is 0 Å². The molecule has 3 rings (SSSR count). The Morgan fingerprint density at radius 2 is 1.91 bits per heavy atom. The Labute approximate surface area is 190 Å². The molecule has 32 heavy (non-hydrogen) atoms. The number of ether oxygens (including phenoxy) is 3. The molecule has 2 aromatic rings. The lowest BCUT2D eigenvalue weighted by molar-refractivity contribution is -0.290. The average Bonchev–Trinajstić information content (AvgIpc) is 2.68. The van der Waals surface area contributed by atoms with Gasteiger partial charge in [0.2, 0.25) is 0 Å². The molecule has 1 fully saturated rings. The van der Waals surface area contributed by atoms with Gasteiger partial charge in [-0.25, -0.2) is 4.39 Å². The van der Waals surface area contributed by atoms with Gasteiger partial charge in [-0.1, -0.05) is 35.9 Å². The molecule has 4 nitrogen and oxygen atoms in total. The quantitative estimate of drug-likeness (QED) is 0.495.